The maximum absolute atomic E-state index is 6.16. The maximum atomic E-state index is 6.16. The summed E-state index contributed by atoms with van der Waals surface area (Å²) in [6.07, 6.45) is 1.08. The number of hydrogen-bond acceptors (Lipinski definition) is 4. The first-order chi connectivity index (χ1) is 9.08. The van der Waals surface area contributed by atoms with Crippen LogP contribution in [0.5, 0.6) is 0 Å². The summed E-state index contributed by atoms with van der Waals surface area (Å²) in [5.41, 5.74) is 0. The van der Waals surface area contributed by atoms with E-state index in [0.717, 1.165) is 24.5 Å². The number of nitrogens with one attached hydrogen (secondary N) is 2. The van der Waals surface area contributed by atoms with E-state index in [9.17, 15) is 0 Å². The van der Waals surface area contributed by atoms with Gasteiger partial charge in [-0.2, -0.15) is 11.8 Å². The van der Waals surface area contributed by atoms with Crippen LogP contribution in [0.3, 0.4) is 0 Å². The van der Waals surface area contributed by atoms with Gasteiger partial charge in [-0.3, -0.25) is 0 Å². The van der Waals surface area contributed by atoms with Crippen molar-refractivity contribution in [2.24, 2.45) is 0 Å². The normalized spacial score (nSPS) is 12.3. The van der Waals surface area contributed by atoms with E-state index in [4.69, 9.17) is 23.2 Å². The molecule has 0 aliphatic heterocycles. The molecule has 0 amide bonds. The smallest absolute Gasteiger partial charge is 0.147 e. The highest BCUT2D eigenvalue weighted by atomic mass is 35.5. The Kier molecular flexibility index (Phi) is 7.73. The van der Waals surface area contributed by atoms with Crippen molar-refractivity contribution in [3.8, 4) is 0 Å². The molecule has 1 heterocycles. The van der Waals surface area contributed by atoms with Gasteiger partial charge in [0.1, 0.15) is 11.6 Å². The highest BCUT2D eigenvalue weighted by Gasteiger charge is 2.11. The molecular weight excluding hydrogens is 301 g/mol. The van der Waals surface area contributed by atoms with Crippen LogP contribution in [0.4, 0.5) is 11.6 Å². The molecular formula is C13H21Cl2N3S. The van der Waals surface area contributed by atoms with Gasteiger partial charge < -0.3 is 10.6 Å². The van der Waals surface area contributed by atoms with E-state index < -0.39 is 0 Å². The van der Waals surface area contributed by atoms with Crippen molar-refractivity contribution in [3.05, 3.63) is 16.1 Å². The van der Waals surface area contributed by atoms with Crippen LogP contribution in [0.2, 0.25) is 10.0 Å². The van der Waals surface area contributed by atoms with Gasteiger partial charge in [0.2, 0.25) is 0 Å². The molecule has 1 rings (SSSR count). The number of pyridine rings is 1. The summed E-state index contributed by atoms with van der Waals surface area (Å²) in [5.74, 6) is 3.65. The van der Waals surface area contributed by atoms with Crippen LogP contribution >= 0.6 is 35.0 Å². The van der Waals surface area contributed by atoms with Gasteiger partial charge >= 0.3 is 0 Å². The van der Waals surface area contributed by atoms with Crippen LogP contribution in [0, 0.1) is 0 Å². The van der Waals surface area contributed by atoms with E-state index in [0.29, 0.717) is 27.7 Å². The molecule has 0 spiro atoms. The number of anilines is 2. The standard InChI is InChI=1S/C13H21Cl2N3S/c1-4-16-12-10(14)8-11(15)13(18-12)17-9(3)6-7-19-5-2/h8-9H,4-7H2,1-3H3,(H2,16,17,18). The molecule has 0 radical (unpaired) electrons. The zero-order chi connectivity index (χ0) is 14.3. The second-order valence-electron chi connectivity index (χ2n) is 4.21. The second-order valence-corrected chi connectivity index (χ2v) is 6.42. The first-order valence-corrected chi connectivity index (χ1v) is 8.43. The van der Waals surface area contributed by atoms with Crippen LogP contribution in [0.15, 0.2) is 6.07 Å². The molecule has 0 aromatic carbocycles. The fourth-order valence-corrected chi connectivity index (χ4v) is 2.86. The molecule has 0 aliphatic carbocycles. The highest BCUT2D eigenvalue weighted by Crippen LogP contribution is 2.29. The van der Waals surface area contributed by atoms with Crippen molar-refractivity contribution in [1.29, 1.82) is 0 Å². The molecule has 1 atom stereocenters. The van der Waals surface area contributed by atoms with Crippen molar-refractivity contribution in [3.63, 3.8) is 0 Å². The lowest BCUT2D eigenvalue weighted by molar-refractivity contribution is 0.767. The average molecular weight is 322 g/mol. The summed E-state index contributed by atoms with van der Waals surface area (Å²) in [6, 6.07) is 2.06. The van der Waals surface area contributed by atoms with E-state index >= 15 is 0 Å². The van der Waals surface area contributed by atoms with Gasteiger partial charge in [0, 0.05) is 12.6 Å². The molecule has 2 N–H and O–H groups in total. The highest BCUT2D eigenvalue weighted by molar-refractivity contribution is 7.99. The van der Waals surface area contributed by atoms with Crippen molar-refractivity contribution < 1.29 is 0 Å². The number of thioether (sulfide) groups is 1. The minimum absolute atomic E-state index is 0.333. The first kappa shape index (κ1) is 16.7. The van der Waals surface area contributed by atoms with E-state index in [1.165, 1.54) is 0 Å². The van der Waals surface area contributed by atoms with Crippen molar-refractivity contribution in [1.82, 2.24) is 4.98 Å². The third-order valence-electron chi connectivity index (χ3n) is 2.56. The predicted molar refractivity (Wildman–Crippen MR) is 89.1 cm³/mol. The maximum Gasteiger partial charge on any atom is 0.147 e. The predicted octanol–water partition coefficient (Wildman–Crippen LogP) is 4.76. The van der Waals surface area contributed by atoms with Crippen molar-refractivity contribution in [2.75, 3.05) is 28.7 Å². The Labute approximate surface area is 129 Å². The fourth-order valence-electron chi connectivity index (χ4n) is 1.57. The third kappa shape index (κ3) is 5.67. The SMILES string of the molecule is CCNc1nc(NC(C)CCSCC)c(Cl)cc1Cl. The summed E-state index contributed by atoms with van der Waals surface area (Å²) < 4.78 is 0. The van der Waals surface area contributed by atoms with Gasteiger partial charge in [0.05, 0.1) is 10.0 Å². The lowest BCUT2D eigenvalue weighted by atomic mass is 10.2. The fraction of sp³-hybridized carbons (Fsp3) is 0.615. The minimum Gasteiger partial charge on any atom is -0.369 e. The molecule has 6 heteroatoms. The van der Waals surface area contributed by atoms with Gasteiger partial charge in [0.25, 0.3) is 0 Å². The van der Waals surface area contributed by atoms with E-state index in [-0.39, 0.29) is 0 Å². The molecule has 1 aromatic rings. The third-order valence-corrected chi connectivity index (χ3v) is 4.07. The zero-order valence-corrected chi connectivity index (χ0v) is 13.9. The van der Waals surface area contributed by atoms with E-state index in [2.05, 4.69) is 29.5 Å². The quantitative estimate of drug-likeness (QED) is 0.676. The average Bonchev–Trinajstić information content (AvgIpc) is 2.35. The molecule has 0 saturated heterocycles. The van der Waals surface area contributed by atoms with Gasteiger partial charge in [-0.25, -0.2) is 4.98 Å². The lowest BCUT2D eigenvalue weighted by Gasteiger charge is -2.17. The number of nitrogens with zero attached hydrogens (tertiary/aromatic N) is 1. The topological polar surface area (TPSA) is 37.0 Å². The number of rotatable bonds is 8. The van der Waals surface area contributed by atoms with Gasteiger partial charge in [0.15, 0.2) is 0 Å². The molecule has 19 heavy (non-hydrogen) atoms. The van der Waals surface area contributed by atoms with Crippen LogP contribution in [-0.4, -0.2) is 29.1 Å². The summed E-state index contributed by atoms with van der Waals surface area (Å²) in [7, 11) is 0. The Balaban J connectivity index is 2.68. The Bertz CT molecular complexity index is 402. The first-order valence-electron chi connectivity index (χ1n) is 6.52. The lowest BCUT2D eigenvalue weighted by Crippen LogP contribution is -2.17. The van der Waals surface area contributed by atoms with Crippen molar-refractivity contribution >= 4 is 46.6 Å². The molecule has 3 nitrogen and oxygen atoms in total. The zero-order valence-electron chi connectivity index (χ0n) is 11.6. The molecule has 1 aromatic heterocycles. The van der Waals surface area contributed by atoms with Gasteiger partial charge in [-0.05, 0) is 37.8 Å². The largest absolute Gasteiger partial charge is 0.369 e. The number of aromatic nitrogens is 1. The molecule has 1 unspecified atom stereocenters. The van der Waals surface area contributed by atoms with Crippen LogP contribution in [0.25, 0.3) is 0 Å². The number of hydrogen-bond donors (Lipinski definition) is 2. The summed E-state index contributed by atoms with van der Waals surface area (Å²) >= 11 is 14.2. The Morgan fingerprint density at radius 1 is 1.26 bits per heavy atom. The molecule has 0 aliphatic rings. The summed E-state index contributed by atoms with van der Waals surface area (Å²) in [4.78, 5) is 4.44. The summed E-state index contributed by atoms with van der Waals surface area (Å²) in [6.45, 7) is 7.08. The van der Waals surface area contributed by atoms with E-state index in [1.54, 1.807) is 6.07 Å². The van der Waals surface area contributed by atoms with E-state index in [1.807, 2.05) is 18.7 Å². The second kappa shape index (κ2) is 8.77. The number of halogens is 2. The van der Waals surface area contributed by atoms with Crippen LogP contribution in [0.1, 0.15) is 27.2 Å². The minimum atomic E-state index is 0.333. The molecule has 0 fully saturated rings. The van der Waals surface area contributed by atoms with Gasteiger partial charge in [-0.1, -0.05) is 30.1 Å². The van der Waals surface area contributed by atoms with Gasteiger partial charge in [-0.15, -0.1) is 0 Å². The Hall–Kier alpha value is -0.320. The molecule has 108 valence electrons. The van der Waals surface area contributed by atoms with Crippen LogP contribution in [-0.2, 0) is 0 Å². The Morgan fingerprint density at radius 3 is 2.58 bits per heavy atom. The van der Waals surface area contributed by atoms with Crippen molar-refractivity contribution in [2.45, 2.75) is 33.2 Å². The Morgan fingerprint density at radius 2 is 1.95 bits per heavy atom. The monoisotopic (exact) mass is 321 g/mol. The van der Waals surface area contributed by atoms with Crippen LogP contribution < -0.4 is 10.6 Å². The summed E-state index contributed by atoms with van der Waals surface area (Å²) in [5, 5.41) is 7.57. The molecule has 0 saturated carbocycles. The molecule has 0 bridgehead atoms.